The van der Waals surface area contributed by atoms with Gasteiger partial charge in [0, 0.05) is 49.7 Å². The molecule has 4 aromatic carbocycles. The van der Waals surface area contributed by atoms with E-state index in [0.717, 1.165) is 19.6 Å². The Morgan fingerprint density at radius 2 is 1.04 bits per heavy atom. The third-order valence-corrected chi connectivity index (χ3v) is 11.7. The van der Waals surface area contributed by atoms with Gasteiger partial charge in [0.05, 0.1) is 34.1 Å². The summed E-state index contributed by atoms with van der Waals surface area (Å²) >= 11 is 0. The number of hydrogen-bond donors (Lipinski definition) is 1. The predicted molar refractivity (Wildman–Crippen MR) is 218 cm³/mol. The van der Waals surface area contributed by atoms with Gasteiger partial charge in [-0.15, -0.1) is 0 Å². The fourth-order valence-electron chi connectivity index (χ4n) is 6.03. The summed E-state index contributed by atoms with van der Waals surface area (Å²) < 4.78 is 60.7. The number of nitrogens with two attached hydrogens (primary N) is 1. The van der Waals surface area contributed by atoms with Gasteiger partial charge in [-0.1, -0.05) is 116 Å². The lowest BCUT2D eigenvalue weighted by molar-refractivity contribution is 0.0674. The van der Waals surface area contributed by atoms with E-state index < -0.39 is 25.7 Å². The third kappa shape index (κ3) is 12.0. The van der Waals surface area contributed by atoms with Crippen molar-refractivity contribution >= 4 is 20.2 Å². The minimum Gasteiger partial charge on any atom is -0.326 e. The summed E-state index contributed by atoms with van der Waals surface area (Å²) in [6, 6.07) is 47.3. The van der Waals surface area contributed by atoms with Gasteiger partial charge < -0.3 is 5.73 Å². The first-order valence-corrected chi connectivity index (χ1v) is 21.0. The van der Waals surface area contributed by atoms with Gasteiger partial charge in [0.15, 0.2) is 0 Å². The summed E-state index contributed by atoms with van der Waals surface area (Å²) in [6.07, 6.45) is 3.42. The second-order valence-corrected chi connectivity index (χ2v) is 17.2. The number of benzene rings is 4. The lowest BCUT2D eigenvalue weighted by Crippen LogP contribution is -2.57. The van der Waals surface area contributed by atoms with E-state index in [1.54, 1.807) is 61.5 Å². The minimum atomic E-state index is -4.04. The molecule has 6 aromatic rings. The van der Waals surface area contributed by atoms with Crippen molar-refractivity contribution in [3.63, 3.8) is 0 Å². The second kappa shape index (κ2) is 19.7. The molecule has 12 heteroatoms. The molecule has 0 atom stereocenters. The van der Waals surface area contributed by atoms with Crippen LogP contribution < -0.4 is 5.73 Å². The molecule has 1 aliphatic heterocycles. The number of pyridine rings is 2. The Morgan fingerprint density at radius 3 is 1.45 bits per heavy atom. The Kier molecular flexibility index (Phi) is 14.8. The van der Waals surface area contributed by atoms with E-state index in [0.29, 0.717) is 12.2 Å². The minimum absolute atomic E-state index is 0.00574. The molecule has 10 nitrogen and oxygen atoms in total. The van der Waals surface area contributed by atoms with Crippen LogP contribution in [-0.4, -0.2) is 58.0 Å². The average molecular weight is 793 g/mol. The maximum atomic E-state index is 12.5. The normalized spacial score (nSPS) is 13.9. The van der Waals surface area contributed by atoms with Crippen molar-refractivity contribution in [1.82, 2.24) is 14.9 Å². The van der Waals surface area contributed by atoms with Crippen LogP contribution in [0.1, 0.15) is 36.4 Å². The van der Waals surface area contributed by atoms with Gasteiger partial charge in [-0.25, -0.2) is 0 Å². The Labute approximate surface area is 331 Å². The monoisotopic (exact) mass is 792 g/mol. The van der Waals surface area contributed by atoms with Crippen molar-refractivity contribution in [2.24, 2.45) is 5.73 Å². The van der Waals surface area contributed by atoms with E-state index in [4.69, 9.17) is 14.1 Å². The first kappa shape index (κ1) is 42.1. The van der Waals surface area contributed by atoms with Crippen LogP contribution >= 0.6 is 0 Å². The molecule has 56 heavy (non-hydrogen) atoms. The molecule has 0 amide bonds. The predicted octanol–water partition coefficient (Wildman–Crippen LogP) is 7.15. The van der Waals surface area contributed by atoms with Crippen molar-refractivity contribution in [3.8, 4) is 0 Å². The van der Waals surface area contributed by atoms with Crippen molar-refractivity contribution in [2.45, 2.75) is 47.6 Å². The van der Waals surface area contributed by atoms with E-state index >= 15 is 0 Å². The molecular formula is C44H48N4O6S2. The Hall–Kier alpha value is -5.08. The van der Waals surface area contributed by atoms with Crippen molar-refractivity contribution < 1.29 is 25.2 Å². The number of hydrogen-bond acceptors (Lipinski definition) is 10. The largest absolute Gasteiger partial charge is 0.326 e. The number of nitrogens with zero attached hydrogens (tertiary/aromatic N) is 3. The van der Waals surface area contributed by atoms with Gasteiger partial charge in [-0.2, -0.15) is 16.8 Å². The zero-order valence-electron chi connectivity index (χ0n) is 31.6. The van der Waals surface area contributed by atoms with Crippen molar-refractivity contribution in [3.05, 3.63) is 193 Å². The molecule has 2 aromatic heterocycles. The number of likely N-dealkylation sites (tertiary alicyclic amines) is 1. The van der Waals surface area contributed by atoms with Gasteiger partial charge >= 0.3 is 0 Å². The van der Waals surface area contributed by atoms with Crippen LogP contribution in [0, 0.1) is 0 Å². The molecule has 0 aliphatic carbocycles. The van der Waals surface area contributed by atoms with Crippen LogP contribution in [0.2, 0.25) is 0 Å². The summed E-state index contributed by atoms with van der Waals surface area (Å²) in [7, 11) is -8.08. The van der Waals surface area contributed by atoms with Crippen LogP contribution in [0.5, 0.6) is 0 Å². The van der Waals surface area contributed by atoms with E-state index in [-0.39, 0.29) is 28.4 Å². The van der Waals surface area contributed by atoms with Gasteiger partial charge in [-0.3, -0.25) is 23.2 Å². The van der Waals surface area contributed by atoms with Crippen LogP contribution in [0.15, 0.2) is 180 Å². The zero-order chi connectivity index (χ0) is 39.9. The Bertz CT molecular complexity index is 2190. The summed E-state index contributed by atoms with van der Waals surface area (Å²) in [4.78, 5) is 11.2. The highest BCUT2D eigenvalue weighted by Gasteiger charge is 2.41. The van der Waals surface area contributed by atoms with Gasteiger partial charge in [0.2, 0.25) is 0 Å². The molecular weight excluding hydrogens is 745 g/mol. The molecule has 7 rings (SSSR count). The molecule has 0 bridgehead atoms. The molecule has 0 spiro atoms. The maximum Gasteiger partial charge on any atom is 0.297 e. The van der Waals surface area contributed by atoms with Crippen molar-refractivity contribution in [2.75, 3.05) is 26.3 Å². The fourth-order valence-corrected chi connectivity index (χ4v) is 8.11. The number of aromatic nitrogens is 2. The highest BCUT2D eigenvalue weighted by molar-refractivity contribution is 7.87. The summed E-state index contributed by atoms with van der Waals surface area (Å²) in [5.41, 5.74) is 8.67. The first-order chi connectivity index (χ1) is 26.9. The topological polar surface area (TPSA) is 142 Å². The molecule has 3 heterocycles. The zero-order valence-corrected chi connectivity index (χ0v) is 33.2. The van der Waals surface area contributed by atoms with E-state index in [9.17, 15) is 16.8 Å². The molecule has 2 N–H and O–H groups in total. The lowest BCUT2D eigenvalue weighted by atomic mass is 9.78. The Morgan fingerprint density at radius 1 is 0.607 bits per heavy atom. The van der Waals surface area contributed by atoms with E-state index in [2.05, 4.69) is 64.3 Å². The quantitative estimate of drug-likeness (QED) is 0.120. The molecule has 0 radical (unpaired) electrons. The third-order valence-electron chi connectivity index (χ3n) is 9.17. The SMILES string of the molecule is CC(COS(=O)(=O)c1ccccc1)(COS(=O)(=O)c1ccccc1)c1ccccn1.CC1(c2ccccn2)CN(Cc2ccccc2)C1.NCc1ccccc1. The first-order valence-electron chi connectivity index (χ1n) is 18.1. The smallest absolute Gasteiger partial charge is 0.297 e. The van der Waals surface area contributed by atoms with Gasteiger partial charge in [0.1, 0.15) is 0 Å². The Balaban J connectivity index is 0.000000192. The molecule has 0 saturated carbocycles. The van der Waals surface area contributed by atoms with Crippen LogP contribution in [0.25, 0.3) is 0 Å². The average Bonchev–Trinajstić information content (AvgIpc) is 3.24. The molecule has 1 saturated heterocycles. The lowest BCUT2D eigenvalue weighted by Gasteiger charge is -2.47. The summed E-state index contributed by atoms with van der Waals surface area (Å²) in [5.74, 6) is 0. The van der Waals surface area contributed by atoms with Crippen LogP contribution in [-0.2, 0) is 52.5 Å². The van der Waals surface area contributed by atoms with Gasteiger partial charge in [-0.05, 0) is 66.6 Å². The van der Waals surface area contributed by atoms with Gasteiger partial charge in [0.25, 0.3) is 20.2 Å². The maximum absolute atomic E-state index is 12.5. The summed E-state index contributed by atoms with van der Waals surface area (Å²) in [6.45, 7) is 7.10. The fraction of sp³-hybridized carbons (Fsp3) is 0.227. The standard InChI is InChI=1S/C21H21NO6S2.C16H18N2.C7H9N/c1-21(20-14-8-9-15-22-20,16-27-29(23,24)18-10-4-2-5-11-18)17-28-30(25,26)19-12-6-3-7-13-19;1-16(15-9-5-6-10-17-15)12-18(13-16)11-14-7-3-2-4-8-14;8-6-7-4-2-1-3-5-7/h2-15H,16-17H2,1H3;2-10H,11-13H2,1H3;1-5H,6,8H2. The molecule has 0 unspecified atom stereocenters. The molecule has 1 fully saturated rings. The van der Waals surface area contributed by atoms with Crippen molar-refractivity contribution in [1.29, 1.82) is 0 Å². The highest BCUT2D eigenvalue weighted by Crippen LogP contribution is 2.33. The van der Waals surface area contributed by atoms with Crippen LogP contribution in [0.3, 0.4) is 0 Å². The number of rotatable bonds is 13. The molecule has 1 aliphatic rings. The highest BCUT2D eigenvalue weighted by atomic mass is 32.2. The van der Waals surface area contributed by atoms with E-state index in [1.807, 2.05) is 42.6 Å². The van der Waals surface area contributed by atoms with E-state index in [1.165, 1.54) is 47.3 Å². The second-order valence-electron chi connectivity index (χ2n) is 13.9. The summed E-state index contributed by atoms with van der Waals surface area (Å²) in [5, 5.41) is 0. The van der Waals surface area contributed by atoms with Crippen LogP contribution in [0.4, 0.5) is 0 Å². The molecule has 292 valence electrons.